The third kappa shape index (κ3) is 3.17. The molecule has 0 fully saturated rings. The molecule has 0 unspecified atom stereocenters. The molecule has 1 amide bonds. The lowest BCUT2D eigenvalue weighted by atomic mass is 10.3. The quantitative estimate of drug-likeness (QED) is 0.587. The molecule has 1 aromatic rings. The van der Waals surface area contributed by atoms with Crippen LogP contribution in [0.4, 0.5) is 0 Å². The second kappa shape index (κ2) is 5.92. The van der Waals surface area contributed by atoms with Crippen LogP contribution in [-0.4, -0.2) is 17.0 Å². The third-order valence-electron chi connectivity index (χ3n) is 2.12. The van der Waals surface area contributed by atoms with E-state index in [4.69, 9.17) is 0 Å². The highest BCUT2D eigenvalue weighted by Crippen LogP contribution is 2.01. The van der Waals surface area contributed by atoms with E-state index in [1.54, 1.807) is 6.92 Å². The summed E-state index contributed by atoms with van der Waals surface area (Å²) in [6, 6.07) is 3.70. The van der Waals surface area contributed by atoms with E-state index in [1.165, 1.54) is 0 Å². The first-order chi connectivity index (χ1) is 7.29. The van der Waals surface area contributed by atoms with Crippen molar-refractivity contribution in [1.82, 2.24) is 9.88 Å². The van der Waals surface area contributed by atoms with E-state index in [1.807, 2.05) is 29.8 Å². The van der Waals surface area contributed by atoms with Crippen molar-refractivity contribution < 1.29 is 4.79 Å². The Morgan fingerprint density at radius 3 is 3.07 bits per heavy atom. The molecule has 0 radical (unpaired) electrons. The van der Waals surface area contributed by atoms with Gasteiger partial charge in [0.25, 0.3) is 5.91 Å². The largest absolute Gasteiger partial charge is 0.350 e. The van der Waals surface area contributed by atoms with Gasteiger partial charge in [-0.05, 0) is 26.0 Å². The SMILES string of the molecule is CC#CCCNC(=O)c1cccn1CC. The smallest absolute Gasteiger partial charge is 0.267 e. The lowest BCUT2D eigenvalue weighted by Crippen LogP contribution is -2.26. The minimum atomic E-state index is -0.0280. The van der Waals surface area contributed by atoms with Gasteiger partial charge in [0, 0.05) is 25.7 Å². The number of hydrogen-bond donors (Lipinski definition) is 1. The summed E-state index contributed by atoms with van der Waals surface area (Å²) in [5, 5.41) is 2.83. The monoisotopic (exact) mass is 204 g/mol. The topological polar surface area (TPSA) is 34.0 Å². The van der Waals surface area contributed by atoms with Crippen molar-refractivity contribution in [3.8, 4) is 11.8 Å². The standard InChI is InChI=1S/C12H16N2O/c1-3-5-6-9-13-12(15)11-8-7-10-14(11)4-2/h7-8,10H,4,6,9H2,1-2H3,(H,13,15). The predicted molar refractivity (Wildman–Crippen MR) is 60.5 cm³/mol. The summed E-state index contributed by atoms with van der Waals surface area (Å²) >= 11 is 0. The van der Waals surface area contributed by atoms with Gasteiger partial charge in [-0.25, -0.2) is 0 Å². The number of nitrogens with one attached hydrogen (secondary N) is 1. The molecule has 0 atom stereocenters. The molecule has 1 rings (SSSR count). The average molecular weight is 204 g/mol. The van der Waals surface area contributed by atoms with Crippen molar-refractivity contribution in [2.75, 3.05) is 6.54 Å². The first-order valence-corrected chi connectivity index (χ1v) is 5.12. The number of carbonyl (C=O) groups is 1. The number of nitrogens with zero attached hydrogens (tertiary/aromatic N) is 1. The Balaban J connectivity index is 2.49. The van der Waals surface area contributed by atoms with Gasteiger partial charge >= 0.3 is 0 Å². The Morgan fingerprint density at radius 1 is 1.60 bits per heavy atom. The third-order valence-corrected chi connectivity index (χ3v) is 2.12. The molecule has 3 heteroatoms. The first kappa shape index (κ1) is 11.4. The molecule has 0 aliphatic rings. The van der Waals surface area contributed by atoms with E-state index in [2.05, 4.69) is 17.2 Å². The Kier molecular flexibility index (Phi) is 4.49. The summed E-state index contributed by atoms with van der Waals surface area (Å²) in [7, 11) is 0. The number of rotatable bonds is 4. The fourth-order valence-electron chi connectivity index (χ4n) is 1.35. The summed E-state index contributed by atoms with van der Waals surface area (Å²) in [6.45, 7) is 5.22. The lowest BCUT2D eigenvalue weighted by molar-refractivity contribution is 0.0945. The van der Waals surface area contributed by atoms with Gasteiger partial charge in [-0.2, -0.15) is 0 Å². The molecular formula is C12H16N2O. The minimum absolute atomic E-state index is 0.0280. The van der Waals surface area contributed by atoms with Crippen molar-refractivity contribution in [2.45, 2.75) is 26.8 Å². The Labute approximate surface area is 90.5 Å². The van der Waals surface area contributed by atoms with Gasteiger partial charge in [-0.3, -0.25) is 4.79 Å². The summed E-state index contributed by atoms with van der Waals surface area (Å²) in [6.07, 6.45) is 2.61. The van der Waals surface area contributed by atoms with Crippen LogP contribution in [-0.2, 0) is 6.54 Å². The molecule has 15 heavy (non-hydrogen) atoms. The predicted octanol–water partition coefficient (Wildman–Crippen LogP) is 1.65. The van der Waals surface area contributed by atoms with E-state index in [9.17, 15) is 4.79 Å². The summed E-state index contributed by atoms with van der Waals surface area (Å²) in [5.41, 5.74) is 0.710. The maximum Gasteiger partial charge on any atom is 0.267 e. The van der Waals surface area contributed by atoms with Crippen LogP contribution < -0.4 is 5.32 Å². The van der Waals surface area contributed by atoms with Crippen molar-refractivity contribution in [1.29, 1.82) is 0 Å². The zero-order valence-electron chi connectivity index (χ0n) is 9.21. The molecule has 1 heterocycles. The second-order valence-electron chi connectivity index (χ2n) is 3.11. The minimum Gasteiger partial charge on any atom is -0.350 e. The Morgan fingerprint density at radius 2 is 2.40 bits per heavy atom. The molecular weight excluding hydrogens is 188 g/mol. The second-order valence-corrected chi connectivity index (χ2v) is 3.11. The van der Waals surface area contributed by atoms with Crippen LogP contribution in [0.3, 0.4) is 0 Å². The average Bonchev–Trinajstić information content (AvgIpc) is 2.72. The lowest BCUT2D eigenvalue weighted by Gasteiger charge is -2.06. The first-order valence-electron chi connectivity index (χ1n) is 5.12. The molecule has 0 bridgehead atoms. The van der Waals surface area contributed by atoms with E-state index < -0.39 is 0 Å². The highest BCUT2D eigenvalue weighted by atomic mass is 16.1. The summed E-state index contributed by atoms with van der Waals surface area (Å²) < 4.78 is 1.92. The van der Waals surface area contributed by atoms with E-state index in [-0.39, 0.29) is 5.91 Å². The van der Waals surface area contributed by atoms with Gasteiger partial charge in [-0.15, -0.1) is 11.8 Å². The van der Waals surface area contributed by atoms with Crippen LogP contribution in [0.1, 0.15) is 30.8 Å². The fourth-order valence-corrected chi connectivity index (χ4v) is 1.35. The molecule has 1 N–H and O–H groups in total. The Bertz CT molecular complexity index is 382. The molecule has 1 aromatic heterocycles. The number of aryl methyl sites for hydroxylation is 1. The van der Waals surface area contributed by atoms with Crippen LogP contribution in [0.15, 0.2) is 18.3 Å². The molecule has 0 aliphatic carbocycles. The van der Waals surface area contributed by atoms with Crippen LogP contribution in [0, 0.1) is 11.8 Å². The Hall–Kier alpha value is -1.69. The molecule has 80 valence electrons. The highest BCUT2D eigenvalue weighted by molar-refractivity contribution is 5.92. The van der Waals surface area contributed by atoms with Gasteiger partial charge in [0.1, 0.15) is 5.69 Å². The highest BCUT2D eigenvalue weighted by Gasteiger charge is 2.07. The maximum absolute atomic E-state index is 11.7. The number of amides is 1. The van der Waals surface area contributed by atoms with Crippen LogP contribution in [0.2, 0.25) is 0 Å². The van der Waals surface area contributed by atoms with Crippen molar-refractivity contribution in [3.63, 3.8) is 0 Å². The van der Waals surface area contributed by atoms with Crippen molar-refractivity contribution in [3.05, 3.63) is 24.0 Å². The van der Waals surface area contributed by atoms with Crippen LogP contribution >= 0.6 is 0 Å². The van der Waals surface area contributed by atoms with Crippen molar-refractivity contribution in [2.24, 2.45) is 0 Å². The van der Waals surface area contributed by atoms with Gasteiger partial charge < -0.3 is 9.88 Å². The van der Waals surface area contributed by atoms with E-state index in [0.717, 1.165) is 6.54 Å². The van der Waals surface area contributed by atoms with Gasteiger partial charge in [-0.1, -0.05) is 0 Å². The van der Waals surface area contributed by atoms with Crippen molar-refractivity contribution >= 4 is 5.91 Å². The summed E-state index contributed by atoms with van der Waals surface area (Å²) in [4.78, 5) is 11.7. The zero-order chi connectivity index (χ0) is 11.1. The molecule has 0 spiro atoms. The number of carbonyl (C=O) groups excluding carboxylic acids is 1. The van der Waals surface area contributed by atoms with E-state index >= 15 is 0 Å². The number of hydrogen-bond acceptors (Lipinski definition) is 1. The molecule has 0 aliphatic heterocycles. The normalized spacial score (nSPS) is 9.20. The maximum atomic E-state index is 11.7. The van der Waals surface area contributed by atoms with Gasteiger partial charge in [0.05, 0.1) is 0 Å². The molecule has 0 aromatic carbocycles. The van der Waals surface area contributed by atoms with Gasteiger partial charge in [0.15, 0.2) is 0 Å². The van der Waals surface area contributed by atoms with Crippen LogP contribution in [0.25, 0.3) is 0 Å². The van der Waals surface area contributed by atoms with Gasteiger partial charge in [0.2, 0.25) is 0 Å². The zero-order valence-corrected chi connectivity index (χ0v) is 9.21. The fraction of sp³-hybridized carbons (Fsp3) is 0.417. The van der Waals surface area contributed by atoms with E-state index in [0.29, 0.717) is 18.7 Å². The number of aromatic nitrogens is 1. The molecule has 0 saturated carbocycles. The molecule has 3 nitrogen and oxygen atoms in total. The van der Waals surface area contributed by atoms with Crippen LogP contribution in [0.5, 0.6) is 0 Å². The molecule has 0 saturated heterocycles. The summed E-state index contributed by atoms with van der Waals surface area (Å²) in [5.74, 6) is 5.67.